The van der Waals surface area contributed by atoms with Gasteiger partial charge in [-0.15, -0.1) is 0 Å². The third kappa shape index (κ3) is 2.16. The van der Waals surface area contributed by atoms with Crippen LogP contribution in [0.5, 0.6) is 0 Å². The maximum atomic E-state index is 14.0. The zero-order chi connectivity index (χ0) is 22.7. The minimum Gasteiger partial charge on any atom is -0.449 e. The highest BCUT2D eigenvalue weighted by molar-refractivity contribution is 6.11. The van der Waals surface area contributed by atoms with Gasteiger partial charge >= 0.3 is 12.1 Å². The molecule has 8 nitrogen and oxygen atoms in total. The number of rotatable bonds is 3. The smallest absolute Gasteiger partial charge is 0.416 e. The quantitative estimate of drug-likeness (QED) is 0.747. The number of ether oxygens (including phenoxy) is 1. The van der Waals surface area contributed by atoms with Crippen molar-refractivity contribution in [2.45, 2.75) is 30.0 Å². The molecule has 8 heteroatoms. The van der Waals surface area contributed by atoms with E-state index in [0.717, 1.165) is 16.0 Å². The lowest BCUT2D eigenvalue weighted by Gasteiger charge is -2.69. The Hall–Kier alpha value is -3.68. The predicted octanol–water partition coefficient (Wildman–Crippen LogP) is 3.03. The van der Waals surface area contributed by atoms with Crippen molar-refractivity contribution in [2.24, 2.45) is 4.99 Å². The Bertz CT molecular complexity index is 1120. The van der Waals surface area contributed by atoms with E-state index in [1.165, 1.54) is 23.2 Å². The molecule has 2 aromatic rings. The summed E-state index contributed by atoms with van der Waals surface area (Å²) in [4.78, 5) is 48.8. The lowest BCUT2D eigenvalue weighted by atomic mass is 9.45. The van der Waals surface area contributed by atoms with Crippen LogP contribution in [0.3, 0.4) is 0 Å². The van der Waals surface area contributed by atoms with Crippen molar-refractivity contribution in [1.29, 1.82) is 0 Å². The van der Waals surface area contributed by atoms with Crippen LogP contribution in [-0.2, 0) is 9.53 Å². The van der Waals surface area contributed by atoms with Crippen molar-refractivity contribution in [2.75, 3.05) is 20.7 Å². The summed E-state index contributed by atoms with van der Waals surface area (Å²) in [6.45, 7) is 1.87. The average molecular weight is 432 g/mol. The minimum atomic E-state index is -1.45. The molecule has 2 aromatic carbocycles. The second kappa shape index (κ2) is 6.91. The minimum absolute atomic E-state index is 0.156. The monoisotopic (exact) mass is 432 g/mol. The lowest BCUT2D eigenvalue weighted by Crippen LogP contribution is -2.89. The Kier molecular flexibility index (Phi) is 4.37. The summed E-state index contributed by atoms with van der Waals surface area (Å²) in [5, 5.41) is 0. The van der Waals surface area contributed by atoms with E-state index in [4.69, 9.17) is 9.73 Å². The van der Waals surface area contributed by atoms with Crippen LogP contribution < -0.4 is 0 Å². The van der Waals surface area contributed by atoms with Gasteiger partial charge in [0.25, 0.3) is 5.91 Å². The van der Waals surface area contributed by atoms with E-state index in [1.807, 2.05) is 60.7 Å². The molecule has 2 heterocycles. The fraction of sp³-hybridized carbons (Fsp3) is 0.333. The number of hydrogen-bond donors (Lipinski definition) is 0. The first-order valence-electron chi connectivity index (χ1n) is 10.6. The zero-order valence-corrected chi connectivity index (χ0v) is 18.1. The Morgan fingerprint density at radius 2 is 1.53 bits per heavy atom. The number of carbonyl (C=O) groups excluding carboxylic acids is 3. The second-order valence-electron chi connectivity index (χ2n) is 8.29. The molecule has 1 aliphatic carbocycles. The maximum Gasteiger partial charge on any atom is 0.416 e. The van der Waals surface area contributed by atoms with E-state index in [1.54, 1.807) is 14.0 Å². The first-order valence-corrected chi connectivity index (χ1v) is 10.6. The van der Waals surface area contributed by atoms with Crippen LogP contribution in [0, 0.1) is 0 Å². The summed E-state index contributed by atoms with van der Waals surface area (Å²) in [6.07, 6.45) is 0.715. The molecule has 2 aliphatic heterocycles. The van der Waals surface area contributed by atoms with Crippen molar-refractivity contribution in [3.8, 4) is 0 Å². The van der Waals surface area contributed by atoms with Crippen LogP contribution in [-0.4, -0.2) is 71.0 Å². The Balaban J connectivity index is 1.81. The lowest BCUT2D eigenvalue weighted by molar-refractivity contribution is -0.178. The van der Waals surface area contributed by atoms with Crippen LogP contribution in [0.4, 0.5) is 9.59 Å². The summed E-state index contributed by atoms with van der Waals surface area (Å²) in [6, 6.07) is 18.9. The third-order valence-electron chi connectivity index (χ3n) is 7.03. The number of imide groups is 1. The molecule has 1 saturated carbocycles. The second-order valence-corrected chi connectivity index (χ2v) is 8.29. The SMILES string of the molecule is CCOC(=O)N1C=NC23C(c4ccccc4)C(c4ccccc4)C12C(=O)N(C)C(=O)N3C. The van der Waals surface area contributed by atoms with E-state index in [0.29, 0.717) is 0 Å². The molecule has 4 atom stereocenters. The standard InChI is InChI=1S/C24H24N4O4/c1-4-32-22(31)28-15-25-24-19(17-13-9-6-10-14-17)18(16-11-7-5-8-12-16)23(24,28)20(29)26(2)21(30)27(24)3/h5-15,18-19H,4H2,1-3H3. The number of carbonyl (C=O) groups is 3. The molecular weight excluding hydrogens is 408 g/mol. The van der Waals surface area contributed by atoms with E-state index in [-0.39, 0.29) is 12.5 Å². The Morgan fingerprint density at radius 3 is 2.09 bits per heavy atom. The van der Waals surface area contributed by atoms with E-state index >= 15 is 0 Å². The van der Waals surface area contributed by atoms with Crippen LogP contribution in [0.15, 0.2) is 65.7 Å². The maximum absolute atomic E-state index is 14.0. The molecule has 3 aliphatic rings. The number of nitrogens with zero attached hydrogens (tertiary/aromatic N) is 4. The van der Waals surface area contributed by atoms with Gasteiger partial charge in [-0.2, -0.15) is 0 Å². The van der Waals surface area contributed by atoms with Gasteiger partial charge in [0, 0.05) is 25.9 Å². The summed E-state index contributed by atoms with van der Waals surface area (Å²) >= 11 is 0. The van der Waals surface area contributed by atoms with E-state index in [9.17, 15) is 14.4 Å². The van der Waals surface area contributed by atoms with Crippen molar-refractivity contribution >= 4 is 24.4 Å². The van der Waals surface area contributed by atoms with Gasteiger partial charge in [0.15, 0.2) is 11.2 Å². The van der Waals surface area contributed by atoms with Crippen molar-refractivity contribution in [3.05, 3.63) is 71.8 Å². The molecule has 0 bridgehead atoms. The van der Waals surface area contributed by atoms with Crippen LogP contribution in [0.1, 0.15) is 29.9 Å². The molecule has 4 unspecified atom stereocenters. The van der Waals surface area contributed by atoms with Crippen LogP contribution in [0.2, 0.25) is 0 Å². The van der Waals surface area contributed by atoms with Gasteiger partial charge in [-0.05, 0) is 18.1 Å². The van der Waals surface area contributed by atoms with Crippen molar-refractivity contribution in [1.82, 2.24) is 14.7 Å². The summed E-state index contributed by atoms with van der Waals surface area (Å²) in [5.74, 6) is -1.25. The first-order chi connectivity index (χ1) is 15.4. The number of benzene rings is 2. The molecule has 1 saturated heterocycles. The summed E-state index contributed by atoms with van der Waals surface area (Å²) in [5.41, 5.74) is -0.890. The largest absolute Gasteiger partial charge is 0.449 e. The van der Waals surface area contributed by atoms with Gasteiger partial charge in [-0.25, -0.2) is 19.5 Å². The van der Waals surface area contributed by atoms with Gasteiger partial charge in [0.1, 0.15) is 0 Å². The highest BCUT2D eigenvalue weighted by atomic mass is 16.6. The molecule has 5 rings (SSSR count). The van der Waals surface area contributed by atoms with Gasteiger partial charge in [0.2, 0.25) is 0 Å². The van der Waals surface area contributed by atoms with Crippen LogP contribution >= 0.6 is 0 Å². The molecule has 0 aromatic heterocycles. The zero-order valence-electron chi connectivity index (χ0n) is 18.1. The van der Waals surface area contributed by atoms with Gasteiger partial charge in [-0.3, -0.25) is 14.6 Å². The number of hydrogen-bond acceptors (Lipinski definition) is 5. The highest BCUT2D eigenvalue weighted by Gasteiger charge is 2.86. The predicted molar refractivity (Wildman–Crippen MR) is 117 cm³/mol. The fourth-order valence-corrected chi connectivity index (χ4v) is 5.81. The van der Waals surface area contributed by atoms with Gasteiger partial charge in [0.05, 0.1) is 12.9 Å². The van der Waals surface area contributed by atoms with Gasteiger partial charge in [-0.1, -0.05) is 60.7 Å². The molecule has 0 spiro atoms. The topological polar surface area (TPSA) is 82.5 Å². The molecule has 0 radical (unpaired) electrons. The number of likely N-dealkylation sites (N-methyl/N-ethyl adjacent to an activating group) is 2. The molecule has 164 valence electrons. The number of urea groups is 1. The fourth-order valence-electron chi connectivity index (χ4n) is 5.81. The number of aliphatic imine (C=N–C) groups is 1. The normalized spacial score (nSPS) is 30.7. The Labute approximate surface area is 186 Å². The molecule has 32 heavy (non-hydrogen) atoms. The summed E-state index contributed by atoms with van der Waals surface area (Å²) in [7, 11) is 3.09. The van der Waals surface area contributed by atoms with E-state index in [2.05, 4.69) is 0 Å². The Morgan fingerprint density at radius 1 is 0.969 bits per heavy atom. The summed E-state index contributed by atoms with van der Waals surface area (Å²) < 4.78 is 5.31. The molecule has 0 N–H and O–H groups in total. The third-order valence-corrected chi connectivity index (χ3v) is 7.03. The molecular formula is C24H24N4O4. The molecule has 2 fully saturated rings. The van der Waals surface area contributed by atoms with E-state index < -0.39 is 35.2 Å². The average Bonchev–Trinajstić information content (AvgIpc) is 3.10. The van der Waals surface area contributed by atoms with Gasteiger partial charge < -0.3 is 4.74 Å². The van der Waals surface area contributed by atoms with Crippen molar-refractivity contribution in [3.63, 3.8) is 0 Å². The number of amides is 4. The first kappa shape index (κ1) is 20.2. The highest BCUT2D eigenvalue weighted by Crippen LogP contribution is 2.70. The van der Waals surface area contributed by atoms with Crippen molar-refractivity contribution < 1.29 is 19.1 Å². The molecule has 4 amide bonds. The van der Waals surface area contributed by atoms with Crippen LogP contribution in [0.25, 0.3) is 0 Å².